The number of hydrogen-bond donors (Lipinski definition) is 0. The molecule has 0 saturated carbocycles. The van der Waals surface area contributed by atoms with Gasteiger partial charge in [-0.2, -0.15) is 18.2 Å². The second-order valence-electron chi connectivity index (χ2n) is 4.49. The molecule has 1 saturated heterocycles. The number of anilines is 1. The molecule has 0 radical (unpaired) electrons. The number of aromatic nitrogens is 2. The number of carbonyl (C=O) groups is 1. The fraction of sp³-hybridized carbons (Fsp3) is 0.727. The molecular formula is C11H14F3N3O2. The monoisotopic (exact) mass is 277 g/mol. The maximum absolute atomic E-state index is 12.1. The lowest BCUT2D eigenvalue weighted by atomic mass is 10.2. The summed E-state index contributed by atoms with van der Waals surface area (Å²) in [6.45, 7) is 1.51. The highest BCUT2D eigenvalue weighted by molar-refractivity contribution is 5.85. The molecule has 1 aromatic heterocycles. The quantitative estimate of drug-likeness (QED) is 0.847. The normalized spacial score (nSPS) is 17.3. The molecule has 0 spiro atoms. The summed E-state index contributed by atoms with van der Waals surface area (Å²) >= 11 is 0. The van der Waals surface area contributed by atoms with Gasteiger partial charge in [0, 0.05) is 13.1 Å². The van der Waals surface area contributed by atoms with Gasteiger partial charge in [0.25, 0.3) is 5.95 Å². The van der Waals surface area contributed by atoms with Gasteiger partial charge in [0.15, 0.2) is 0 Å². The molecule has 2 heterocycles. The molecular weight excluding hydrogens is 263 g/mol. The molecule has 0 bridgehead atoms. The van der Waals surface area contributed by atoms with Crippen LogP contribution < -0.4 is 4.90 Å². The van der Waals surface area contributed by atoms with E-state index in [1.165, 1.54) is 0 Å². The topological polar surface area (TPSA) is 59.2 Å². The minimum absolute atomic E-state index is 0.270. The van der Waals surface area contributed by atoms with Gasteiger partial charge in [-0.1, -0.05) is 12.8 Å². The molecule has 2 rings (SSSR count). The van der Waals surface area contributed by atoms with Crippen LogP contribution in [0.15, 0.2) is 4.52 Å². The van der Waals surface area contributed by atoms with Crippen molar-refractivity contribution in [3.63, 3.8) is 0 Å². The Labute approximate surface area is 107 Å². The van der Waals surface area contributed by atoms with Crippen LogP contribution in [0.25, 0.3) is 0 Å². The number of rotatable bonds is 3. The molecule has 8 heteroatoms. The maximum atomic E-state index is 12.1. The molecule has 0 N–H and O–H groups in total. The highest BCUT2D eigenvalue weighted by Crippen LogP contribution is 2.20. The molecule has 1 fully saturated rings. The first-order chi connectivity index (χ1) is 8.97. The fourth-order valence-corrected chi connectivity index (χ4v) is 1.95. The highest BCUT2D eigenvalue weighted by Gasteiger charge is 2.39. The number of ketones is 1. The van der Waals surface area contributed by atoms with E-state index in [2.05, 4.69) is 10.1 Å². The number of carbonyl (C=O) groups excluding carboxylic acids is 1. The van der Waals surface area contributed by atoms with Crippen molar-refractivity contribution in [1.82, 2.24) is 10.1 Å². The summed E-state index contributed by atoms with van der Waals surface area (Å²) < 4.78 is 41.0. The Morgan fingerprint density at radius 2 is 1.84 bits per heavy atom. The predicted molar refractivity (Wildman–Crippen MR) is 59.7 cm³/mol. The number of nitrogens with zero attached hydrogens (tertiary/aromatic N) is 3. The van der Waals surface area contributed by atoms with Crippen LogP contribution in [-0.4, -0.2) is 35.2 Å². The van der Waals surface area contributed by atoms with Gasteiger partial charge in [-0.15, -0.1) is 0 Å². The second kappa shape index (κ2) is 5.58. The lowest BCUT2D eigenvalue weighted by molar-refractivity contribution is -0.170. The number of halogens is 3. The Kier molecular flexibility index (Phi) is 4.06. The molecule has 106 valence electrons. The van der Waals surface area contributed by atoms with Crippen molar-refractivity contribution in [2.75, 3.05) is 18.0 Å². The van der Waals surface area contributed by atoms with Crippen LogP contribution in [0, 0.1) is 0 Å². The Morgan fingerprint density at radius 3 is 2.42 bits per heavy atom. The number of hydrogen-bond acceptors (Lipinski definition) is 5. The van der Waals surface area contributed by atoms with E-state index in [0.29, 0.717) is 0 Å². The first-order valence-electron chi connectivity index (χ1n) is 6.14. The van der Waals surface area contributed by atoms with Gasteiger partial charge in [-0.25, -0.2) is 0 Å². The lowest BCUT2D eigenvalue weighted by Crippen LogP contribution is -2.26. The lowest BCUT2D eigenvalue weighted by Gasteiger charge is -2.16. The van der Waals surface area contributed by atoms with Crippen molar-refractivity contribution >= 4 is 11.7 Å². The van der Waals surface area contributed by atoms with Crippen molar-refractivity contribution in [1.29, 1.82) is 0 Å². The molecule has 1 aromatic rings. The summed E-state index contributed by atoms with van der Waals surface area (Å²) in [5, 5.41) is 3.64. The minimum Gasteiger partial charge on any atom is -0.338 e. The zero-order chi connectivity index (χ0) is 13.9. The van der Waals surface area contributed by atoms with Crippen LogP contribution in [0.2, 0.25) is 0 Å². The predicted octanol–water partition coefficient (Wildman–Crippen LogP) is 2.12. The summed E-state index contributed by atoms with van der Waals surface area (Å²) in [6, 6.07) is 0. The smallest absolute Gasteiger partial charge is 0.338 e. The molecule has 0 unspecified atom stereocenters. The number of Topliss-reactive ketones (excluding diaryl/α,β-unsaturated/α-hetero) is 1. The van der Waals surface area contributed by atoms with Gasteiger partial charge in [-0.3, -0.25) is 4.79 Å². The molecule has 1 aliphatic rings. The third-order valence-electron chi connectivity index (χ3n) is 2.97. The van der Waals surface area contributed by atoms with E-state index >= 15 is 0 Å². The molecule has 0 aliphatic carbocycles. The van der Waals surface area contributed by atoms with Crippen LogP contribution in [0.5, 0.6) is 0 Å². The average Bonchev–Trinajstić information content (AvgIpc) is 2.62. The largest absolute Gasteiger partial charge is 0.450 e. The van der Waals surface area contributed by atoms with E-state index in [-0.39, 0.29) is 11.8 Å². The summed E-state index contributed by atoms with van der Waals surface area (Å²) in [4.78, 5) is 16.5. The van der Waals surface area contributed by atoms with Crippen LogP contribution in [-0.2, 0) is 11.2 Å². The third kappa shape index (κ3) is 3.68. The molecule has 5 nitrogen and oxygen atoms in total. The van der Waals surface area contributed by atoms with Crippen molar-refractivity contribution in [2.45, 2.75) is 38.3 Å². The van der Waals surface area contributed by atoms with Gasteiger partial charge in [0.1, 0.15) is 0 Å². The Bertz CT molecular complexity index is 437. The average molecular weight is 277 g/mol. The molecule has 19 heavy (non-hydrogen) atoms. The summed E-state index contributed by atoms with van der Waals surface area (Å²) in [6.07, 6.45) is -1.54. The van der Waals surface area contributed by atoms with E-state index in [4.69, 9.17) is 4.52 Å². The first kappa shape index (κ1) is 13.8. The summed E-state index contributed by atoms with van der Waals surface area (Å²) in [5.41, 5.74) is 0. The van der Waals surface area contributed by atoms with E-state index in [1.54, 1.807) is 0 Å². The van der Waals surface area contributed by atoms with E-state index < -0.39 is 18.4 Å². The van der Waals surface area contributed by atoms with Gasteiger partial charge < -0.3 is 9.42 Å². The van der Waals surface area contributed by atoms with Crippen LogP contribution in [0.3, 0.4) is 0 Å². The molecule has 1 aliphatic heterocycles. The second-order valence-corrected chi connectivity index (χ2v) is 4.49. The zero-order valence-corrected chi connectivity index (χ0v) is 10.2. The van der Waals surface area contributed by atoms with Gasteiger partial charge >= 0.3 is 6.18 Å². The Balaban J connectivity index is 2.00. The highest BCUT2D eigenvalue weighted by atomic mass is 19.4. The van der Waals surface area contributed by atoms with Crippen molar-refractivity contribution in [3.05, 3.63) is 5.89 Å². The molecule has 0 amide bonds. The minimum atomic E-state index is -4.86. The molecule has 0 atom stereocenters. The van der Waals surface area contributed by atoms with E-state index in [9.17, 15) is 18.0 Å². The zero-order valence-electron chi connectivity index (χ0n) is 10.2. The SMILES string of the molecule is O=C(Cc1nc(N2CCCCCC2)no1)C(F)(F)F. The van der Waals surface area contributed by atoms with Crippen LogP contribution >= 0.6 is 0 Å². The van der Waals surface area contributed by atoms with Crippen molar-refractivity contribution in [3.8, 4) is 0 Å². The van der Waals surface area contributed by atoms with Crippen molar-refractivity contribution in [2.24, 2.45) is 0 Å². The fourth-order valence-electron chi connectivity index (χ4n) is 1.95. The van der Waals surface area contributed by atoms with Crippen molar-refractivity contribution < 1.29 is 22.5 Å². The Hall–Kier alpha value is -1.60. The van der Waals surface area contributed by atoms with Crippen LogP contribution in [0.1, 0.15) is 31.6 Å². The standard InChI is InChI=1S/C11H14F3N3O2/c12-11(13,14)8(18)7-9-15-10(16-19-9)17-5-3-1-2-4-6-17/h1-7H2. The Morgan fingerprint density at radius 1 is 1.21 bits per heavy atom. The van der Waals surface area contributed by atoms with Gasteiger partial charge in [0.2, 0.25) is 11.7 Å². The summed E-state index contributed by atoms with van der Waals surface area (Å²) in [7, 11) is 0. The van der Waals surface area contributed by atoms with E-state index in [1.807, 2.05) is 4.90 Å². The first-order valence-corrected chi connectivity index (χ1v) is 6.14. The van der Waals surface area contributed by atoms with Crippen LogP contribution in [0.4, 0.5) is 19.1 Å². The van der Waals surface area contributed by atoms with E-state index in [0.717, 1.165) is 38.8 Å². The van der Waals surface area contributed by atoms with Gasteiger partial charge in [0.05, 0.1) is 6.42 Å². The van der Waals surface area contributed by atoms with Gasteiger partial charge in [-0.05, 0) is 18.0 Å². The number of alkyl halides is 3. The molecule has 0 aromatic carbocycles. The maximum Gasteiger partial charge on any atom is 0.450 e. The summed E-state index contributed by atoms with van der Waals surface area (Å²) in [5.74, 6) is -1.90. The third-order valence-corrected chi connectivity index (χ3v) is 2.97.